The Morgan fingerprint density at radius 2 is 1.77 bits per heavy atom. The minimum absolute atomic E-state index is 0.0432. The van der Waals surface area contributed by atoms with Crippen LogP contribution in [-0.2, 0) is 9.59 Å². The van der Waals surface area contributed by atoms with Gasteiger partial charge in [-0.05, 0) is 67.4 Å². The molecule has 8 nitrogen and oxygen atoms in total. The summed E-state index contributed by atoms with van der Waals surface area (Å²) in [7, 11) is 1.53. The monoisotopic (exact) mass is 550 g/mol. The van der Waals surface area contributed by atoms with Crippen LogP contribution in [0.2, 0.25) is 0 Å². The Balaban J connectivity index is 2.11. The topological polar surface area (TPSA) is 88.5 Å². The van der Waals surface area contributed by atoms with Crippen LogP contribution in [0, 0.1) is 12.8 Å². The zero-order chi connectivity index (χ0) is 29.4. The number of hydrogen-bond acceptors (Lipinski definition) is 7. The number of likely N-dealkylation sites (N-methyl/N-ethyl adjacent to an activating group) is 1. The number of aryl methyl sites for hydroxylation is 1. The summed E-state index contributed by atoms with van der Waals surface area (Å²) in [5.74, 6) is 0.462. The van der Waals surface area contributed by atoms with Crippen LogP contribution in [0.25, 0.3) is 5.76 Å². The molecule has 1 amide bonds. The molecule has 0 radical (unpaired) electrons. The van der Waals surface area contributed by atoms with Crippen LogP contribution < -0.4 is 14.2 Å². The van der Waals surface area contributed by atoms with Crippen molar-refractivity contribution in [3.05, 3.63) is 71.3 Å². The van der Waals surface area contributed by atoms with Crippen molar-refractivity contribution in [1.29, 1.82) is 0 Å². The van der Waals surface area contributed by atoms with Gasteiger partial charge in [-0.15, -0.1) is 0 Å². The maximum absolute atomic E-state index is 13.5. The number of carbonyl (C=O) groups is 2. The second-order valence-electron chi connectivity index (χ2n) is 10.2. The number of Topliss-reactive ketones (excluding diaryl/α,β-unsaturated/α-hetero) is 1. The van der Waals surface area contributed by atoms with Crippen molar-refractivity contribution >= 4 is 17.4 Å². The van der Waals surface area contributed by atoms with Gasteiger partial charge in [0.05, 0.1) is 25.3 Å². The number of benzene rings is 2. The predicted molar refractivity (Wildman–Crippen MR) is 157 cm³/mol. The number of aliphatic hydroxyl groups is 1. The van der Waals surface area contributed by atoms with Crippen LogP contribution in [0.3, 0.4) is 0 Å². The molecular formula is C32H42N2O6. The number of amides is 1. The average Bonchev–Trinajstić information content (AvgIpc) is 3.20. The van der Waals surface area contributed by atoms with E-state index in [0.29, 0.717) is 60.6 Å². The molecule has 0 aromatic heterocycles. The Morgan fingerprint density at radius 1 is 1.07 bits per heavy atom. The van der Waals surface area contributed by atoms with Crippen LogP contribution in [0.15, 0.2) is 54.6 Å². The fourth-order valence-electron chi connectivity index (χ4n) is 4.74. The van der Waals surface area contributed by atoms with Gasteiger partial charge in [-0.2, -0.15) is 0 Å². The van der Waals surface area contributed by atoms with E-state index in [1.165, 1.54) is 12.0 Å². The molecule has 1 heterocycles. The lowest BCUT2D eigenvalue weighted by atomic mass is 9.94. The first-order valence-corrected chi connectivity index (χ1v) is 13.8. The molecule has 1 aliphatic heterocycles. The van der Waals surface area contributed by atoms with E-state index in [-0.39, 0.29) is 11.3 Å². The summed E-state index contributed by atoms with van der Waals surface area (Å²) in [6.45, 7) is 17.2. The van der Waals surface area contributed by atoms with Crippen molar-refractivity contribution in [3.8, 4) is 17.2 Å². The summed E-state index contributed by atoms with van der Waals surface area (Å²) < 4.78 is 17.1. The van der Waals surface area contributed by atoms with Gasteiger partial charge in [-0.25, -0.2) is 0 Å². The van der Waals surface area contributed by atoms with Crippen molar-refractivity contribution in [2.24, 2.45) is 5.92 Å². The number of hydrogen-bond donors (Lipinski definition) is 1. The zero-order valence-corrected chi connectivity index (χ0v) is 24.5. The van der Waals surface area contributed by atoms with Crippen LogP contribution in [0.5, 0.6) is 17.2 Å². The quantitative estimate of drug-likeness (QED) is 0.146. The van der Waals surface area contributed by atoms with Gasteiger partial charge < -0.3 is 29.1 Å². The number of rotatable bonds is 14. The number of likely N-dealkylation sites (tertiary alicyclic amines) is 1. The largest absolute Gasteiger partial charge is 0.507 e. The highest BCUT2D eigenvalue weighted by molar-refractivity contribution is 6.46. The molecule has 0 saturated carbocycles. The fraction of sp³-hybridized carbons (Fsp3) is 0.438. The van der Waals surface area contributed by atoms with E-state index >= 15 is 0 Å². The molecule has 216 valence electrons. The molecule has 2 aromatic carbocycles. The first kappa shape index (κ1) is 30.8. The lowest BCUT2D eigenvalue weighted by Gasteiger charge is -2.28. The Morgan fingerprint density at radius 3 is 2.38 bits per heavy atom. The maximum Gasteiger partial charge on any atom is 0.295 e. The predicted octanol–water partition coefficient (Wildman–Crippen LogP) is 5.37. The number of ether oxygens (including phenoxy) is 3. The molecule has 1 aliphatic rings. The highest BCUT2D eigenvalue weighted by atomic mass is 16.5. The first-order valence-electron chi connectivity index (χ1n) is 13.8. The third kappa shape index (κ3) is 6.86. The van der Waals surface area contributed by atoms with Gasteiger partial charge >= 0.3 is 0 Å². The third-order valence-electron chi connectivity index (χ3n) is 6.97. The van der Waals surface area contributed by atoms with Gasteiger partial charge in [-0.1, -0.05) is 46.4 Å². The van der Waals surface area contributed by atoms with Crippen molar-refractivity contribution in [3.63, 3.8) is 0 Å². The average molecular weight is 551 g/mol. The molecule has 0 bridgehead atoms. The van der Waals surface area contributed by atoms with Crippen LogP contribution in [0.1, 0.15) is 50.4 Å². The highest BCUT2D eigenvalue weighted by Crippen LogP contribution is 2.42. The summed E-state index contributed by atoms with van der Waals surface area (Å²) in [5, 5.41) is 11.5. The normalized spacial score (nSPS) is 16.6. The van der Waals surface area contributed by atoms with E-state index < -0.39 is 17.7 Å². The minimum Gasteiger partial charge on any atom is -0.507 e. The number of methoxy groups -OCH3 is 1. The lowest BCUT2D eigenvalue weighted by molar-refractivity contribution is -0.140. The molecule has 40 heavy (non-hydrogen) atoms. The van der Waals surface area contributed by atoms with Crippen molar-refractivity contribution in [2.45, 2.75) is 40.7 Å². The Bertz CT molecular complexity index is 1250. The van der Waals surface area contributed by atoms with Crippen molar-refractivity contribution < 1.29 is 28.9 Å². The van der Waals surface area contributed by atoms with E-state index in [1.807, 2.05) is 6.92 Å². The first-order chi connectivity index (χ1) is 19.2. The van der Waals surface area contributed by atoms with E-state index in [1.54, 1.807) is 42.5 Å². The molecule has 1 fully saturated rings. The van der Waals surface area contributed by atoms with Gasteiger partial charge in [0.15, 0.2) is 11.5 Å². The molecule has 1 saturated heterocycles. The smallest absolute Gasteiger partial charge is 0.295 e. The third-order valence-corrected chi connectivity index (χ3v) is 6.97. The molecule has 0 aliphatic carbocycles. The van der Waals surface area contributed by atoms with Gasteiger partial charge in [-0.3, -0.25) is 9.59 Å². The molecule has 3 rings (SSSR count). The molecule has 1 unspecified atom stereocenters. The molecule has 1 N–H and O–H groups in total. The van der Waals surface area contributed by atoms with Crippen molar-refractivity contribution in [2.75, 3.05) is 46.5 Å². The minimum atomic E-state index is -0.796. The molecule has 8 heteroatoms. The van der Waals surface area contributed by atoms with E-state index in [4.69, 9.17) is 14.2 Å². The fourth-order valence-corrected chi connectivity index (χ4v) is 4.74. The number of aliphatic hydroxyl groups excluding tert-OH is 1. The van der Waals surface area contributed by atoms with E-state index in [0.717, 1.165) is 18.7 Å². The molecule has 0 spiro atoms. The Labute approximate surface area is 237 Å². The zero-order valence-electron chi connectivity index (χ0n) is 24.5. The number of nitrogens with zero attached hydrogens (tertiary/aromatic N) is 2. The van der Waals surface area contributed by atoms with Crippen LogP contribution in [0.4, 0.5) is 0 Å². The van der Waals surface area contributed by atoms with Gasteiger partial charge in [0.2, 0.25) is 0 Å². The summed E-state index contributed by atoms with van der Waals surface area (Å²) in [6.07, 6.45) is 1.64. The van der Waals surface area contributed by atoms with Gasteiger partial charge in [0, 0.05) is 18.7 Å². The SMILES string of the molecule is C=CCOc1ccc(C2C(=C(O)c3ccc(OCC(C)C)c(C)c3)C(=O)C(=O)N2CCN(CC)CC)cc1OC. The Hall–Kier alpha value is -3.78. The highest BCUT2D eigenvalue weighted by Gasteiger charge is 2.46. The van der Waals surface area contributed by atoms with E-state index in [9.17, 15) is 14.7 Å². The maximum atomic E-state index is 13.5. The van der Waals surface area contributed by atoms with Crippen LogP contribution in [-0.4, -0.2) is 73.1 Å². The Kier molecular flexibility index (Phi) is 10.8. The van der Waals surface area contributed by atoms with Gasteiger partial charge in [0.25, 0.3) is 11.7 Å². The van der Waals surface area contributed by atoms with E-state index in [2.05, 4.69) is 39.2 Å². The van der Waals surface area contributed by atoms with Gasteiger partial charge in [0.1, 0.15) is 18.1 Å². The molecule has 1 atom stereocenters. The lowest BCUT2D eigenvalue weighted by Crippen LogP contribution is -2.38. The summed E-state index contributed by atoms with van der Waals surface area (Å²) in [5.41, 5.74) is 1.94. The summed E-state index contributed by atoms with van der Waals surface area (Å²) >= 11 is 0. The number of ketones is 1. The standard InChI is InChI=1S/C32H42N2O6/c1-8-17-39-26-14-11-23(19-27(26)38-7)29-28(31(36)32(37)34(29)16-15-33(9-2)10-3)30(35)24-12-13-25(22(6)18-24)40-20-21(4)5/h8,11-14,18-19,21,29,35H,1,9-10,15-17,20H2,2-7H3. The van der Waals surface area contributed by atoms with Crippen LogP contribution >= 0.6 is 0 Å². The molecular weight excluding hydrogens is 508 g/mol. The number of carbonyl (C=O) groups excluding carboxylic acids is 2. The summed E-state index contributed by atoms with van der Waals surface area (Å²) in [4.78, 5) is 30.6. The summed E-state index contributed by atoms with van der Waals surface area (Å²) in [6, 6.07) is 9.77. The second kappa shape index (κ2) is 14.0. The molecule has 2 aromatic rings. The van der Waals surface area contributed by atoms with Crippen molar-refractivity contribution in [1.82, 2.24) is 9.80 Å². The second-order valence-corrected chi connectivity index (χ2v) is 10.2.